The number of hydrogen-bond acceptors (Lipinski definition) is 7. The third-order valence-electron chi connectivity index (χ3n) is 6.18. The van der Waals surface area contributed by atoms with E-state index in [1.54, 1.807) is 7.11 Å². The molecule has 1 aliphatic carbocycles. The fraction of sp³-hybridized carbons (Fsp3) is 0.455. The Labute approximate surface area is 189 Å². The molecular formula is C22H22ClN3O4S. The first-order chi connectivity index (χ1) is 15.0. The molecular weight excluding hydrogens is 438 g/mol. The predicted octanol–water partition coefficient (Wildman–Crippen LogP) is 3.83. The Hall–Kier alpha value is -2.45. The minimum Gasteiger partial charge on any atom is -0.496 e. The first-order valence-corrected chi connectivity index (χ1v) is 11.7. The van der Waals surface area contributed by atoms with Crippen LogP contribution >= 0.6 is 22.9 Å². The molecule has 1 amide bonds. The van der Waals surface area contributed by atoms with Gasteiger partial charge in [-0.3, -0.25) is 14.5 Å². The molecule has 1 fully saturated rings. The van der Waals surface area contributed by atoms with Gasteiger partial charge >= 0.3 is 0 Å². The number of amides is 1. The molecule has 5 rings (SSSR count). The molecule has 162 valence electrons. The molecule has 9 heteroatoms. The van der Waals surface area contributed by atoms with Crippen LogP contribution in [0.5, 0.6) is 5.75 Å². The molecule has 3 aliphatic rings. The third kappa shape index (κ3) is 3.24. The van der Waals surface area contributed by atoms with Crippen molar-refractivity contribution in [1.82, 2.24) is 10.2 Å². The van der Waals surface area contributed by atoms with Gasteiger partial charge in [-0.15, -0.1) is 21.8 Å². The molecule has 2 aliphatic heterocycles. The molecule has 1 aromatic carbocycles. The van der Waals surface area contributed by atoms with Crippen LogP contribution in [-0.4, -0.2) is 40.5 Å². The summed E-state index contributed by atoms with van der Waals surface area (Å²) >= 11 is 7.73. The minimum absolute atomic E-state index is 0.0656. The highest BCUT2D eigenvalue weighted by Gasteiger charge is 2.54. The smallest absolute Gasteiger partial charge is 0.296 e. The molecule has 1 saturated carbocycles. The normalized spacial score (nSPS) is 27.8. The van der Waals surface area contributed by atoms with E-state index in [2.05, 4.69) is 10.2 Å². The second-order valence-corrected chi connectivity index (χ2v) is 9.59. The van der Waals surface area contributed by atoms with Crippen LogP contribution in [0.2, 0.25) is 0 Å². The number of carbonyl (C=O) groups is 2. The number of hydrogen-bond donors (Lipinski definition) is 0. The van der Waals surface area contributed by atoms with Crippen molar-refractivity contribution in [2.24, 2.45) is 5.92 Å². The first kappa shape index (κ1) is 20.5. The fourth-order valence-electron chi connectivity index (χ4n) is 4.68. The number of rotatable bonds is 4. The molecule has 4 unspecified atom stereocenters. The Morgan fingerprint density at radius 3 is 2.81 bits per heavy atom. The number of fused-ring (bicyclic) bond motifs is 1. The number of alkyl halides is 1. The fourth-order valence-corrected chi connectivity index (χ4v) is 5.81. The molecule has 0 saturated heterocycles. The first-order valence-electron chi connectivity index (χ1n) is 10.4. The van der Waals surface area contributed by atoms with Gasteiger partial charge in [0.1, 0.15) is 22.9 Å². The highest BCUT2D eigenvalue weighted by Crippen LogP contribution is 2.50. The van der Waals surface area contributed by atoms with Crippen molar-refractivity contribution in [1.29, 1.82) is 0 Å². The van der Waals surface area contributed by atoms with Crippen LogP contribution in [0.4, 0.5) is 5.13 Å². The summed E-state index contributed by atoms with van der Waals surface area (Å²) in [6.07, 6.45) is 2.37. The van der Waals surface area contributed by atoms with E-state index in [0.717, 1.165) is 11.4 Å². The minimum atomic E-state index is -0.680. The lowest BCUT2D eigenvalue weighted by Gasteiger charge is -2.37. The zero-order chi connectivity index (χ0) is 21.7. The van der Waals surface area contributed by atoms with Crippen molar-refractivity contribution in [2.75, 3.05) is 12.0 Å². The van der Waals surface area contributed by atoms with Crippen LogP contribution in [-0.2, 0) is 20.7 Å². The molecule has 0 bridgehead atoms. The Morgan fingerprint density at radius 2 is 2.06 bits per heavy atom. The maximum atomic E-state index is 13.7. The largest absolute Gasteiger partial charge is 0.496 e. The van der Waals surface area contributed by atoms with Crippen LogP contribution in [0.25, 0.3) is 0 Å². The van der Waals surface area contributed by atoms with Gasteiger partial charge in [-0.1, -0.05) is 36.5 Å². The Bertz CT molecular complexity index is 1080. The van der Waals surface area contributed by atoms with Crippen LogP contribution in [0.1, 0.15) is 42.8 Å². The zero-order valence-electron chi connectivity index (χ0n) is 17.2. The molecule has 0 spiro atoms. The molecule has 4 atom stereocenters. The monoisotopic (exact) mass is 459 g/mol. The van der Waals surface area contributed by atoms with Gasteiger partial charge in [0, 0.05) is 10.9 Å². The third-order valence-corrected chi connectivity index (χ3v) is 7.65. The lowest BCUT2D eigenvalue weighted by molar-refractivity contribution is -0.131. The summed E-state index contributed by atoms with van der Waals surface area (Å²) in [5, 5.41) is 9.64. The van der Waals surface area contributed by atoms with Gasteiger partial charge in [0.2, 0.25) is 5.13 Å². The summed E-state index contributed by atoms with van der Waals surface area (Å²) in [5.74, 6) is -0.0508. The number of carbonyl (C=O) groups excluding carboxylic acids is 2. The summed E-state index contributed by atoms with van der Waals surface area (Å²) in [6, 6.07) is 6.73. The second-order valence-electron chi connectivity index (χ2n) is 7.93. The Balaban J connectivity index is 1.66. The highest BCUT2D eigenvalue weighted by atomic mass is 35.5. The number of benzene rings is 1. The molecule has 2 aromatic rings. The SMILES string of the molecule is CCc1nnc(N2C(=O)C3=C(C(=O)C4CC(Cl)CCC4O3)C2c2ccccc2OC)s1. The van der Waals surface area contributed by atoms with E-state index in [1.807, 2.05) is 31.2 Å². The Kier molecular flexibility index (Phi) is 5.22. The highest BCUT2D eigenvalue weighted by molar-refractivity contribution is 7.15. The maximum absolute atomic E-state index is 13.7. The lowest BCUT2D eigenvalue weighted by atomic mass is 9.77. The predicted molar refractivity (Wildman–Crippen MR) is 116 cm³/mol. The Morgan fingerprint density at radius 1 is 1.26 bits per heavy atom. The van der Waals surface area contributed by atoms with E-state index >= 15 is 0 Å². The summed E-state index contributed by atoms with van der Waals surface area (Å²) in [5.41, 5.74) is 1.08. The molecule has 7 nitrogen and oxygen atoms in total. The average Bonchev–Trinajstić information content (AvgIpc) is 3.37. The van der Waals surface area contributed by atoms with Crippen molar-refractivity contribution in [3.63, 3.8) is 0 Å². The van der Waals surface area contributed by atoms with Gasteiger partial charge in [0.15, 0.2) is 11.5 Å². The molecule has 1 aromatic heterocycles. The summed E-state index contributed by atoms with van der Waals surface area (Å²) in [4.78, 5) is 28.8. The number of ether oxygens (including phenoxy) is 2. The van der Waals surface area contributed by atoms with Crippen molar-refractivity contribution in [3.8, 4) is 5.75 Å². The van der Waals surface area contributed by atoms with Crippen LogP contribution in [0.3, 0.4) is 0 Å². The molecule has 3 heterocycles. The molecule has 31 heavy (non-hydrogen) atoms. The van der Waals surface area contributed by atoms with E-state index in [4.69, 9.17) is 21.1 Å². The van der Waals surface area contributed by atoms with E-state index in [9.17, 15) is 9.59 Å². The number of methoxy groups -OCH3 is 1. The number of aryl methyl sites for hydroxylation is 1. The molecule has 0 radical (unpaired) electrons. The number of anilines is 1. The zero-order valence-corrected chi connectivity index (χ0v) is 18.8. The van der Waals surface area contributed by atoms with Crippen molar-refractivity contribution < 1.29 is 19.1 Å². The van der Waals surface area contributed by atoms with Crippen LogP contribution < -0.4 is 9.64 Å². The maximum Gasteiger partial charge on any atom is 0.296 e. The second kappa shape index (κ2) is 7.91. The number of para-hydroxylation sites is 1. The van der Waals surface area contributed by atoms with Gasteiger partial charge in [-0.2, -0.15) is 0 Å². The van der Waals surface area contributed by atoms with Crippen molar-refractivity contribution in [2.45, 2.75) is 50.1 Å². The average molecular weight is 460 g/mol. The number of ketones is 1. The number of halogens is 1. The standard InChI is InChI=1S/C22H22ClN3O4S/c1-3-16-24-25-22(31-16)26-18(12-6-4-5-7-14(12)29-2)17-19(27)13-10-11(23)8-9-15(13)30-20(17)21(26)28/h4-7,11,13,15,18H,3,8-10H2,1-2H3. The molecule has 0 N–H and O–H groups in total. The topological polar surface area (TPSA) is 81.6 Å². The van der Waals surface area contributed by atoms with E-state index < -0.39 is 6.04 Å². The van der Waals surface area contributed by atoms with Crippen molar-refractivity contribution in [3.05, 3.63) is 46.2 Å². The van der Waals surface area contributed by atoms with Crippen molar-refractivity contribution >= 4 is 39.8 Å². The van der Waals surface area contributed by atoms with E-state index in [-0.39, 0.29) is 34.8 Å². The quantitative estimate of drug-likeness (QED) is 0.646. The van der Waals surface area contributed by atoms with Crippen LogP contribution in [0.15, 0.2) is 35.6 Å². The number of aromatic nitrogens is 2. The van der Waals surface area contributed by atoms with Gasteiger partial charge in [0.05, 0.1) is 18.6 Å². The number of Topliss-reactive ketones (excluding diaryl/α,β-unsaturated/α-hetero) is 1. The van der Waals surface area contributed by atoms with Crippen LogP contribution in [0, 0.1) is 5.92 Å². The lowest BCUT2D eigenvalue weighted by Crippen LogP contribution is -2.41. The van der Waals surface area contributed by atoms with Gasteiger partial charge in [-0.25, -0.2) is 0 Å². The van der Waals surface area contributed by atoms with Gasteiger partial charge in [-0.05, 0) is 31.7 Å². The number of nitrogens with zero attached hydrogens (tertiary/aromatic N) is 3. The summed E-state index contributed by atoms with van der Waals surface area (Å²) < 4.78 is 11.8. The summed E-state index contributed by atoms with van der Waals surface area (Å²) in [7, 11) is 1.57. The summed E-state index contributed by atoms with van der Waals surface area (Å²) in [6.45, 7) is 1.98. The van der Waals surface area contributed by atoms with E-state index in [1.165, 1.54) is 16.2 Å². The van der Waals surface area contributed by atoms with E-state index in [0.29, 0.717) is 41.3 Å². The van der Waals surface area contributed by atoms with Gasteiger partial charge < -0.3 is 9.47 Å². The van der Waals surface area contributed by atoms with Gasteiger partial charge in [0.25, 0.3) is 5.91 Å².